The van der Waals surface area contributed by atoms with E-state index in [0.717, 1.165) is 37.4 Å². The smallest absolute Gasteiger partial charge is 0.349 e. The molecule has 3 aromatic carbocycles. The van der Waals surface area contributed by atoms with E-state index in [4.69, 9.17) is 4.42 Å². The summed E-state index contributed by atoms with van der Waals surface area (Å²) in [5.74, 6) is -0.730. The minimum absolute atomic E-state index is 0.0539. The van der Waals surface area contributed by atoms with Gasteiger partial charge in [0, 0.05) is 11.5 Å². The number of hydrogen-bond acceptors (Lipinski definition) is 9. The summed E-state index contributed by atoms with van der Waals surface area (Å²) >= 11 is 2.16. The Hall–Kier alpha value is -4.74. The van der Waals surface area contributed by atoms with E-state index in [1.807, 2.05) is 55.5 Å². The van der Waals surface area contributed by atoms with Gasteiger partial charge in [-0.1, -0.05) is 59.1 Å². The number of aromatic nitrogens is 1. The van der Waals surface area contributed by atoms with Crippen LogP contribution < -0.4 is 10.6 Å². The highest BCUT2D eigenvalue weighted by atomic mass is 32.1. The van der Waals surface area contributed by atoms with Crippen LogP contribution in [-0.2, 0) is 0 Å². The minimum atomic E-state index is -0.804. The van der Waals surface area contributed by atoms with E-state index < -0.39 is 16.5 Å². The van der Waals surface area contributed by atoms with Gasteiger partial charge < -0.3 is 4.42 Å². The molecule has 0 N–H and O–H groups in total. The molecule has 6 rings (SSSR count). The number of benzene rings is 3. The van der Waals surface area contributed by atoms with Crippen molar-refractivity contribution in [1.82, 2.24) is 4.98 Å². The van der Waals surface area contributed by atoms with Crippen molar-refractivity contribution in [3.8, 4) is 0 Å². The van der Waals surface area contributed by atoms with Crippen molar-refractivity contribution in [1.29, 1.82) is 0 Å². The number of hydrogen-bond donors (Lipinski definition) is 0. The molecule has 38 heavy (non-hydrogen) atoms. The highest BCUT2D eigenvalue weighted by Crippen LogP contribution is 2.32. The molecule has 1 amide bonds. The molecule has 3 aromatic heterocycles. The van der Waals surface area contributed by atoms with Crippen LogP contribution in [0.15, 0.2) is 87.1 Å². The van der Waals surface area contributed by atoms with Crippen LogP contribution in [0.2, 0.25) is 0 Å². The minimum Gasteiger partial charge on any atom is -0.422 e. The topological polar surface area (TPSA) is 119 Å². The standard InChI is InChI=1S/C27H16N4O5S2/c1-15-6-9-21-23(12-15)38-27(29-21)30(28-14-17-8-11-24(37-17)31(34)35)25(32)20-13-19-18-5-3-2-4-16(18)7-10-22(19)36-26(20)33/h2-14H,1H3/b28-14+. The lowest BCUT2D eigenvalue weighted by Gasteiger charge is -2.13. The van der Waals surface area contributed by atoms with E-state index in [9.17, 15) is 19.7 Å². The Balaban J connectivity index is 1.49. The second-order valence-corrected chi connectivity index (χ2v) is 10.5. The zero-order chi connectivity index (χ0) is 26.4. The predicted octanol–water partition coefficient (Wildman–Crippen LogP) is 6.51. The number of nitrogens with zero attached hydrogens (tertiary/aromatic N) is 4. The fourth-order valence-electron chi connectivity index (χ4n) is 4.06. The highest BCUT2D eigenvalue weighted by molar-refractivity contribution is 7.22. The van der Waals surface area contributed by atoms with Crippen LogP contribution in [0, 0.1) is 17.0 Å². The van der Waals surface area contributed by atoms with E-state index in [0.29, 0.717) is 21.4 Å². The number of anilines is 1. The number of carbonyl (C=O) groups excluding carboxylic acids is 1. The molecule has 0 aliphatic rings. The lowest BCUT2D eigenvalue weighted by Crippen LogP contribution is -2.30. The van der Waals surface area contributed by atoms with Gasteiger partial charge in [-0.2, -0.15) is 10.1 Å². The van der Waals surface area contributed by atoms with Gasteiger partial charge in [-0.05, 0) is 53.6 Å². The normalized spacial score (nSPS) is 11.6. The van der Waals surface area contributed by atoms with Crippen molar-refractivity contribution in [2.45, 2.75) is 6.92 Å². The number of thiophene rings is 1. The van der Waals surface area contributed by atoms with Gasteiger partial charge in [0.25, 0.3) is 5.91 Å². The lowest BCUT2D eigenvalue weighted by molar-refractivity contribution is -0.380. The Morgan fingerprint density at radius 3 is 2.71 bits per heavy atom. The Kier molecular flexibility index (Phi) is 5.78. The quantitative estimate of drug-likeness (QED) is 0.0808. The number of thiazole rings is 1. The molecule has 186 valence electrons. The first-order chi connectivity index (χ1) is 18.4. The summed E-state index contributed by atoms with van der Waals surface area (Å²) in [5.41, 5.74) is 1.05. The number of carbonyl (C=O) groups is 1. The fourth-order valence-corrected chi connectivity index (χ4v) is 5.77. The molecule has 0 radical (unpaired) electrons. The maximum absolute atomic E-state index is 13.8. The molecule has 0 saturated heterocycles. The Morgan fingerprint density at radius 2 is 1.89 bits per heavy atom. The molecule has 0 aliphatic heterocycles. The van der Waals surface area contributed by atoms with Gasteiger partial charge in [-0.25, -0.2) is 9.78 Å². The summed E-state index contributed by atoms with van der Waals surface area (Å²) in [6.45, 7) is 1.95. The van der Waals surface area contributed by atoms with Crippen LogP contribution in [0.1, 0.15) is 20.8 Å². The summed E-state index contributed by atoms with van der Waals surface area (Å²) in [6, 6.07) is 21.3. The third-order valence-electron chi connectivity index (χ3n) is 5.87. The average molecular weight is 541 g/mol. The third-order valence-corrected chi connectivity index (χ3v) is 7.84. The van der Waals surface area contributed by atoms with Crippen molar-refractivity contribution >= 4 is 76.9 Å². The van der Waals surface area contributed by atoms with E-state index in [-0.39, 0.29) is 15.7 Å². The number of fused-ring (bicyclic) bond motifs is 4. The molecular formula is C27H16N4O5S2. The van der Waals surface area contributed by atoms with E-state index in [1.54, 1.807) is 6.07 Å². The first kappa shape index (κ1) is 23.6. The molecule has 0 bridgehead atoms. The molecular weight excluding hydrogens is 524 g/mol. The van der Waals surface area contributed by atoms with Crippen LogP contribution in [0.4, 0.5) is 10.1 Å². The van der Waals surface area contributed by atoms with Crippen molar-refractivity contribution in [3.63, 3.8) is 0 Å². The summed E-state index contributed by atoms with van der Waals surface area (Å²) in [6.07, 6.45) is 1.34. The molecule has 0 atom stereocenters. The molecule has 3 heterocycles. The summed E-state index contributed by atoms with van der Waals surface area (Å²) in [4.78, 5) is 42.4. The number of hydrazone groups is 1. The van der Waals surface area contributed by atoms with Crippen LogP contribution in [0.25, 0.3) is 32.0 Å². The number of nitro groups is 1. The Labute approximate surface area is 222 Å². The lowest BCUT2D eigenvalue weighted by atomic mass is 10.0. The molecule has 11 heteroatoms. The van der Waals surface area contributed by atoms with Crippen molar-refractivity contribution < 1.29 is 14.1 Å². The molecule has 0 unspecified atom stereocenters. The predicted molar refractivity (Wildman–Crippen MR) is 150 cm³/mol. The molecule has 0 fully saturated rings. The molecule has 9 nitrogen and oxygen atoms in total. The van der Waals surface area contributed by atoms with E-state index >= 15 is 0 Å². The van der Waals surface area contributed by atoms with Gasteiger partial charge >= 0.3 is 10.6 Å². The highest BCUT2D eigenvalue weighted by Gasteiger charge is 2.25. The second-order valence-electron chi connectivity index (χ2n) is 8.41. The monoisotopic (exact) mass is 540 g/mol. The molecule has 0 aliphatic carbocycles. The molecule has 0 spiro atoms. The van der Waals surface area contributed by atoms with E-state index in [1.165, 1.54) is 35.8 Å². The number of aryl methyl sites for hydroxylation is 1. The van der Waals surface area contributed by atoms with Gasteiger partial charge in [0.2, 0.25) is 5.13 Å². The van der Waals surface area contributed by atoms with Gasteiger partial charge in [0.1, 0.15) is 11.1 Å². The maximum atomic E-state index is 13.8. The third kappa shape index (κ3) is 4.23. The molecule has 6 aromatic rings. The van der Waals surface area contributed by atoms with Crippen molar-refractivity contribution in [2.24, 2.45) is 5.10 Å². The SMILES string of the molecule is Cc1ccc2nc(N(/N=C/c3ccc([N+](=O)[O-])s3)C(=O)c3cc4c(ccc5ccccc54)oc3=O)sc2c1. The number of rotatable bonds is 5. The fraction of sp³-hybridized carbons (Fsp3) is 0.0370. The van der Waals surface area contributed by atoms with Crippen LogP contribution in [0.3, 0.4) is 0 Å². The Bertz CT molecular complexity index is 1990. The Morgan fingerprint density at radius 1 is 1.05 bits per heavy atom. The van der Waals surface area contributed by atoms with Crippen LogP contribution in [-0.4, -0.2) is 22.0 Å². The average Bonchev–Trinajstić information content (AvgIpc) is 3.55. The van der Waals surface area contributed by atoms with Gasteiger partial charge in [0.15, 0.2) is 0 Å². The van der Waals surface area contributed by atoms with Crippen LogP contribution in [0.5, 0.6) is 0 Å². The van der Waals surface area contributed by atoms with Crippen molar-refractivity contribution in [3.05, 3.63) is 109 Å². The number of amides is 1. The first-order valence-corrected chi connectivity index (χ1v) is 13.0. The van der Waals surface area contributed by atoms with Gasteiger partial charge in [-0.15, -0.1) is 0 Å². The first-order valence-electron chi connectivity index (χ1n) is 11.3. The van der Waals surface area contributed by atoms with E-state index in [2.05, 4.69) is 10.1 Å². The van der Waals surface area contributed by atoms with Gasteiger partial charge in [-0.3, -0.25) is 14.9 Å². The second kappa shape index (κ2) is 9.29. The summed E-state index contributed by atoms with van der Waals surface area (Å²) in [5, 5.41) is 19.0. The van der Waals surface area contributed by atoms with Crippen LogP contribution >= 0.6 is 22.7 Å². The zero-order valence-corrected chi connectivity index (χ0v) is 21.3. The maximum Gasteiger partial charge on any atom is 0.349 e. The van der Waals surface area contributed by atoms with Crippen molar-refractivity contribution in [2.75, 3.05) is 5.01 Å². The summed E-state index contributed by atoms with van der Waals surface area (Å²) in [7, 11) is 0. The van der Waals surface area contributed by atoms with Gasteiger partial charge in [0.05, 0.1) is 26.2 Å². The molecule has 0 saturated carbocycles. The summed E-state index contributed by atoms with van der Waals surface area (Å²) < 4.78 is 6.37. The zero-order valence-electron chi connectivity index (χ0n) is 19.7. The largest absolute Gasteiger partial charge is 0.422 e.